The SMILES string of the molecule is Brc1ccc2ncn(-c3ccc4c(c3)OCCO4)c2c1. The summed E-state index contributed by atoms with van der Waals surface area (Å²) in [4.78, 5) is 4.42. The van der Waals surface area contributed by atoms with Gasteiger partial charge in [0.25, 0.3) is 0 Å². The smallest absolute Gasteiger partial charge is 0.163 e. The first-order valence-electron chi connectivity index (χ1n) is 6.34. The highest BCUT2D eigenvalue weighted by atomic mass is 79.9. The molecule has 1 aliphatic rings. The minimum atomic E-state index is 0.590. The molecule has 0 spiro atoms. The quantitative estimate of drug-likeness (QED) is 0.684. The average Bonchev–Trinajstić information content (AvgIpc) is 2.89. The number of benzene rings is 2. The first-order chi connectivity index (χ1) is 9.81. The zero-order valence-corrected chi connectivity index (χ0v) is 12.1. The highest BCUT2D eigenvalue weighted by Crippen LogP contribution is 2.33. The molecule has 1 aliphatic heterocycles. The molecule has 0 radical (unpaired) electrons. The van der Waals surface area contributed by atoms with Crippen LogP contribution in [0.5, 0.6) is 11.5 Å². The molecule has 0 atom stereocenters. The number of rotatable bonds is 1. The highest BCUT2D eigenvalue weighted by Gasteiger charge is 2.13. The zero-order valence-electron chi connectivity index (χ0n) is 10.5. The third kappa shape index (κ3) is 1.86. The number of ether oxygens (including phenoxy) is 2. The molecule has 0 saturated carbocycles. The van der Waals surface area contributed by atoms with Gasteiger partial charge < -0.3 is 9.47 Å². The number of imidazole rings is 1. The molecular weight excluding hydrogens is 320 g/mol. The second-order valence-electron chi connectivity index (χ2n) is 4.58. The monoisotopic (exact) mass is 330 g/mol. The molecule has 0 saturated heterocycles. The molecule has 0 unspecified atom stereocenters. The number of aromatic nitrogens is 2. The van der Waals surface area contributed by atoms with Gasteiger partial charge in [0.1, 0.15) is 19.5 Å². The van der Waals surface area contributed by atoms with Gasteiger partial charge in [0, 0.05) is 10.5 Å². The van der Waals surface area contributed by atoms with E-state index < -0.39 is 0 Å². The summed E-state index contributed by atoms with van der Waals surface area (Å²) in [6.45, 7) is 1.19. The molecule has 4 rings (SSSR count). The third-order valence-corrected chi connectivity index (χ3v) is 3.81. The lowest BCUT2D eigenvalue weighted by Crippen LogP contribution is -2.15. The second-order valence-corrected chi connectivity index (χ2v) is 5.49. The van der Waals surface area contributed by atoms with Crippen LogP contribution in [0.2, 0.25) is 0 Å². The van der Waals surface area contributed by atoms with Gasteiger partial charge >= 0.3 is 0 Å². The molecule has 2 heterocycles. The van der Waals surface area contributed by atoms with Gasteiger partial charge in [-0.05, 0) is 30.3 Å². The number of hydrogen-bond acceptors (Lipinski definition) is 3. The van der Waals surface area contributed by atoms with E-state index in [1.54, 1.807) is 0 Å². The normalized spacial score (nSPS) is 13.7. The molecule has 5 heteroatoms. The maximum absolute atomic E-state index is 5.63. The van der Waals surface area contributed by atoms with Gasteiger partial charge in [-0.15, -0.1) is 0 Å². The molecule has 0 aliphatic carbocycles. The summed E-state index contributed by atoms with van der Waals surface area (Å²) in [6, 6.07) is 12.0. The summed E-state index contributed by atoms with van der Waals surface area (Å²) in [5.41, 5.74) is 3.02. The number of hydrogen-bond donors (Lipinski definition) is 0. The number of fused-ring (bicyclic) bond motifs is 2. The molecule has 0 fully saturated rings. The van der Waals surface area contributed by atoms with Gasteiger partial charge in [0.05, 0.1) is 16.7 Å². The predicted octanol–water partition coefficient (Wildman–Crippen LogP) is 3.56. The van der Waals surface area contributed by atoms with Crippen LogP contribution >= 0.6 is 15.9 Å². The fourth-order valence-corrected chi connectivity index (χ4v) is 2.72. The van der Waals surface area contributed by atoms with Crippen LogP contribution in [0.15, 0.2) is 47.2 Å². The lowest BCUT2D eigenvalue weighted by atomic mass is 10.2. The molecule has 4 nitrogen and oxygen atoms in total. The van der Waals surface area contributed by atoms with Gasteiger partial charge in [0.2, 0.25) is 0 Å². The van der Waals surface area contributed by atoms with E-state index in [0.717, 1.165) is 32.7 Å². The van der Waals surface area contributed by atoms with Crippen molar-refractivity contribution in [3.05, 3.63) is 47.2 Å². The Hall–Kier alpha value is -2.01. The zero-order chi connectivity index (χ0) is 13.5. The Morgan fingerprint density at radius 3 is 2.75 bits per heavy atom. The van der Waals surface area contributed by atoms with Crippen LogP contribution in [0.1, 0.15) is 0 Å². The van der Waals surface area contributed by atoms with Crippen LogP contribution in [0.25, 0.3) is 16.7 Å². The Balaban J connectivity index is 1.88. The molecule has 2 aromatic carbocycles. The summed E-state index contributed by atoms with van der Waals surface area (Å²) in [5, 5.41) is 0. The molecule has 0 bridgehead atoms. The summed E-state index contributed by atoms with van der Waals surface area (Å²) < 4.78 is 14.2. The van der Waals surface area contributed by atoms with E-state index in [1.165, 1.54) is 0 Å². The summed E-state index contributed by atoms with van der Waals surface area (Å²) in [6.07, 6.45) is 1.82. The highest BCUT2D eigenvalue weighted by molar-refractivity contribution is 9.10. The van der Waals surface area contributed by atoms with Gasteiger partial charge in [0.15, 0.2) is 11.5 Å². The van der Waals surface area contributed by atoms with Gasteiger partial charge in [-0.25, -0.2) is 4.98 Å². The van der Waals surface area contributed by atoms with E-state index in [9.17, 15) is 0 Å². The summed E-state index contributed by atoms with van der Waals surface area (Å²) in [7, 11) is 0. The Morgan fingerprint density at radius 2 is 1.85 bits per heavy atom. The van der Waals surface area contributed by atoms with Gasteiger partial charge in [-0.1, -0.05) is 15.9 Å². The van der Waals surface area contributed by atoms with Crippen LogP contribution in [0.3, 0.4) is 0 Å². The van der Waals surface area contributed by atoms with E-state index in [4.69, 9.17) is 9.47 Å². The number of halogens is 1. The third-order valence-electron chi connectivity index (χ3n) is 3.31. The first kappa shape index (κ1) is 11.8. The largest absolute Gasteiger partial charge is 0.486 e. The fraction of sp³-hybridized carbons (Fsp3) is 0.133. The summed E-state index contributed by atoms with van der Waals surface area (Å²) >= 11 is 3.50. The first-order valence-corrected chi connectivity index (χ1v) is 7.13. The minimum Gasteiger partial charge on any atom is -0.486 e. The van der Waals surface area contributed by atoms with E-state index in [-0.39, 0.29) is 0 Å². The van der Waals surface area contributed by atoms with Crippen LogP contribution in [0.4, 0.5) is 0 Å². The molecule has 1 aromatic heterocycles. The Morgan fingerprint density at radius 1 is 1.00 bits per heavy atom. The van der Waals surface area contributed by atoms with Crippen LogP contribution in [0, 0.1) is 0 Å². The molecule has 0 amide bonds. The second kappa shape index (κ2) is 4.52. The maximum Gasteiger partial charge on any atom is 0.163 e. The van der Waals surface area contributed by atoms with Crippen molar-refractivity contribution in [1.29, 1.82) is 0 Å². The minimum absolute atomic E-state index is 0.590. The van der Waals surface area contributed by atoms with E-state index in [1.807, 2.05) is 41.2 Å². The van der Waals surface area contributed by atoms with Crippen molar-refractivity contribution in [3.8, 4) is 17.2 Å². The van der Waals surface area contributed by atoms with Crippen LogP contribution in [-0.4, -0.2) is 22.8 Å². The Bertz CT molecular complexity index is 798. The molecule has 0 N–H and O–H groups in total. The van der Waals surface area contributed by atoms with Crippen molar-refractivity contribution >= 4 is 27.0 Å². The Kier molecular flexibility index (Phi) is 2.67. The average molecular weight is 331 g/mol. The van der Waals surface area contributed by atoms with Crippen molar-refractivity contribution in [1.82, 2.24) is 9.55 Å². The lowest BCUT2D eigenvalue weighted by Gasteiger charge is -2.19. The molecular formula is C15H11BrN2O2. The van der Waals surface area contributed by atoms with Crippen LogP contribution < -0.4 is 9.47 Å². The van der Waals surface area contributed by atoms with Crippen molar-refractivity contribution in [3.63, 3.8) is 0 Å². The lowest BCUT2D eigenvalue weighted by molar-refractivity contribution is 0.171. The van der Waals surface area contributed by atoms with E-state index in [0.29, 0.717) is 13.2 Å². The number of nitrogens with zero attached hydrogens (tertiary/aromatic N) is 2. The standard InChI is InChI=1S/C15H11BrN2O2/c16-10-1-3-12-13(7-10)18(9-17-12)11-2-4-14-15(8-11)20-6-5-19-14/h1-4,7-9H,5-6H2. The van der Waals surface area contributed by atoms with E-state index in [2.05, 4.69) is 27.0 Å². The predicted molar refractivity (Wildman–Crippen MR) is 79.8 cm³/mol. The molecule has 3 aromatic rings. The van der Waals surface area contributed by atoms with E-state index >= 15 is 0 Å². The van der Waals surface area contributed by atoms with Crippen molar-refractivity contribution in [2.45, 2.75) is 0 Å². The van der Waals surface area contributed by atoms with Crippen molar-refractivity contribution < 1.29 is 9.47 Å². The Labute approximate surface area is 124 Å². The topological polar surface area (TPSA) is 36.3 Å². The molecule has 20 heavy (non-hydrogen) atoms. The van der Waals surface area contributed by atoms with Crippen molar-refractivity contribution in [2.75, 3.05) is 13.2 Å². The van der Waals surface area contributed by atoms with Gasteiger partial charge in [-0.2, -0.15) is 0 Å². The van der Waals surface area contributed by atoms with Crippen LogP contribution in [-0.2, 0) is 0 Å². The summed E-state index contributed by atoms with van der Waals surface area (Å²) in [5.74, 6) is 1.58. The molecule has 100 valence electrons. The van der Waals surface area contributed by atoms with Gasteiger partial charge in [-0.3, -0.25) is 4.57 Å². The fourth-order valence-electron chi connectivity index (χ4n) is 2.37. The van der Waals surface area contributed by atoms with Crippen molar-refractivity contribution in [2.24, 2.45) is 0 Å². The maximum atomic E-state index is 5.63.